The minimum atomic E-state index is 0.298. The number of unbranched alkanes of at least 4 members (excludes halogenated alkanes) is 2. The summed E-state index contributed by atoms with van der Waals surface area (Å²) < 4.78 is 2.36. The van der Waals surface area contributed by atoms with Gasteiger partial charge in [-0.15, -0.1) is 0 Å². The van der Waals surface area contributed by atoms with E-state index in [4.69, 9.17) is 0 Å². The van der Waals surface area contributed by atoms with Gasteiger partial charge in [0, 0.05) is 0 Å². The molecule has 0 amide bonds. The third-order valence-electron chi connectivity index (χ3n) is 7.04. The van der Waals surface area contributed by atoms with Crippen LogP contribution >= 0.6 is 0 Å². The van der Waals surface area contributed by atoms with Crippen LogP contribution in [-0.2, 0) is 5.41 Å². The Balaban J connectivity index is 0.000000653. The van der Waals surface area contributed by atoms with Crippen LogP contribution in [0.2, 0.25) is 0 Å². The van der Waals surface area contributed by atoms with Gasteiger partial charge in [0.1, 0.15) is 0 Å². The molecule has 1 aromatic rings. The summed E-state index contributed by atoms with van der Waals surface area (Å²) in [6.07, 6.45) is 10.6. The van der Waals surface area contributed by atoms with E-state index in [0.29, 0.717) is 10.8 Å². The van der Waals surface area contributed by atoms with E-state index < -0.39 is 0 Å². The highest BCUT2D eigenvalue weighted by atomic mass is 15.3. The van der Waals surface area contributed by atoms with Gasteiger partial charge in [-0.2, -0.15) is 0 Å². The van der Waals surface area contributed by atoms with Crippen molar-refractivity contribution in [3.8, 4) is 0 Å². The van der Waals surface area contributed by atoms with E-state index in [1.807, 2.05) is 0 Å². The van der Waals surface area contributed by atoms with Gasteiger partial charge in [0.05, 0.1) is 54.4 Å². The van der Waals surface area contributed by atoms with Crippen LogP contribution in [0.5, 0.6) is 0 Å². The standard InChI is InChI=1S/C18H32N.C13H30N/c1-6-7-15-19(4,5)16-11-14-18(2,3)17-12-9-8-10-13-17;1-7-8-11-14(5,6)12-9-10-13(2,3)4/h8-10,12-13H,6-7,11,14-16H2,1-5H3;7-12H2,1-6H3/q2*+1. The average molecular weight is 463 g/mol. The highest BCUT2D eigenvalue weighted by Gasteiger charge is 2.22. The van der Waals surface area contributed by atoms with E-state index in [2.05, 4.69) is 107 Å². The Morgan fingerprint density at radius 1 is 0.576 bits per heavy atom. The summed E-state index contributed by atoms with van der Waals surface area (Å²) in [7, 11) is 9.45. The Labute approximate surface area is 210 Å². The van der Waals surface area contributed by atoms with E-state index in [9.17, 15) is 0 Å². The summed E-state index contributed by atoms with van der Waals surface area (Å²) in [6.45, 7) is 21.5. The molecule has 2 heteroatoms. The Kier molecular flexibility index (Phi) is 14.8. The molecule has 1 aromatic carbocycles. The van der Waals surface area contributed by atoms with Crippen molar-refractivity contribution in [2.45, 2.75) is 105 Å². The summed E-state index contributed by atoms with van der Waals surface area (Å²) in [6, 6.07) is 10.9. The van der Waals surface area contributed by atoms with Crippen LogP contribution in [0.1, 0.15) is 105 Å². The third kappa shape index (κ3) is 17.3. The van der Waals surface area contributed by atoms with Crippen LogP contribution in [0.4, 0.5) is 0 Å². The van der Waals surface area contributed by atoms with Gasteiger partial charge in [0.15, 0.2) is 0 Å². The number of benzene rings is 1. The number of quaternary nitrogens is 2. The summed E-state index contributed by atoms with van der Waals surface area (Å²) >= 11 is 0. The molecule has 0 N–H and O–H groups in total. The minimum absolute atomic E-state index is 0.298. The number of hydrogen-bond acceptors (Lipinski definition) is 0. The topological polar surface area (TPSA) is 0 Å². The molecule has 0 aromatic heterocycles. The second-order valence-electron chi connectivity index (χ2n) is 13.5. The van der Waals surface area contributed by atoms with E-state index in [-0.39, 0.29) is 0 Å². The van der Waals surface area contributed by atoms with Gasteiger partial charge < -0.3 is 8.97 Å². The van der Waals surface area contributed by atoms with Crippen molar-refractivity contribution in [1.82, 2.24) is 0 Å². The smallest absolute Gasteiger partial charge is 0.0782 e. The SMILES string of the molecule is CCCC[N+](C)(C)CCCC(C)(C)C.CCCC[N+](C)(C)CCCC(C)(C)c1ccccc1. The van der Waals surface area contributed by atoms with Crippen molar-refractivity contribution in [3.05, 3.63) is 35.9 Å². The molecule has 0 aliphatic rings. The lowest BCUT2D eigenvalue weighted by Crippen LogP contribution is -2.41. The van der Waals surface area contributed by atoms with Crippen LogP contribution in [0.15, 0.2) is 30.3 Å². The molecule has 0 radical (unpaired) electrons. The zero-order valence-electron chi connectivity index (χ0n) is 24.8. The maximum atomic E-state index is 2.37. The first-order chi connectivity index (χ1) is 15.1. The van der Waals surface area contributed by atoms with Crippen LogP contribution in [0.3, 0.4) is 0 Å². The zero-order valence-corrected chi connectivity index (χ0v) is 24.8. The molecule has 1 rings (SSSR count). The molecule has 0 aliphatic heterocycles. The molecule has 0 atom stereocenters. The van der Waals surface area contributed by atoms with Crippen molar-refractivity contribution >= 4 is 0 Å². The summed E-state index contributed by atoms with van der Waals surface area (Å²) in [5, 5.41) is 0. The molecule has 0 unspecified atom stereocenters. The highest BCUT2D eigenvalue weighted by Crippen LogP contribution is 2.28. The van der Waals surface area contributed by atoms with E-state index in [1.54, 1.807) is 0 Å². The molecule has 0 heterocycles. The molecule has 0 spiro atoms. The highest BCUT2D eigenvalue weighted by molar-refractivity contribution is 5.23. The number of rotatable bonds is 14. The van der Waals surface area contributed by atoms with Crippen molar-refractivity contribution < 1.29 is 8.97 Å². The fourth-order valence-corrected chi connectivity index (χ4v) is 4.42. The maximum absolute atomic E-state index is 2.37. The van der Waals surface area contributed by atoms with Gasteiger partial charge in [0.25, 0.3) is 0 Å². The van der Waals surface area contributed by atoms with Crippen LogP contribution in [0.25, 0.3) is 0 Å². The first-order valence-corrected chi connectivity index (χ1v) is 13.8. The molecular formula is C31H62N2+2. The Hall–Kier alpha value is -0.860. The van der Waals surface area contributed by atoms with Gasteiger partial charge in [-0.25, -0.2) is 0 Å². The lowest BCUT2D eigenvalue weighted by atomic mass is 9.80. The minimum Gasteiger partial charge on any atom is -0.328 e. The normalized spacial score (nSPS) is 12.9. The first kappa shape index (κ1) is 32.1. The molecule has 0 saturated heterocycles. The Bertz CT molecular complexity index is 593. The summed E-state index contributed by atoms with van der Waals surface area (Å²) in [5.74, 6) is 0. The molecule has 0 aliphatic carbocycles. The predicted octanol–water partition coefficient (Wildman–Crippen LogP) is 8.31. The summed E-state index contributed by atoms with van der Waals surface area (Å²) in [4.78, 5) is 0. The van der Waals surface area contributed by atoms with Crippen molar-refractivity contribution in [1.29, 1.82) is 0 Å². The van der Waals surface area contributed by atoms with Crippen molar-refractivity contribution in [2.24, 2.45) is 5.41 Å². The van der Waals surface area contributed by atoms with E-state index in [1.165, 1.54) is 92.1 Å². The monoisotopic (exact) mass is 462 g/mol. The average Bonchev–Trinajstić information content (AvgIpc) is 2.70. The fraction of sp³-hybridized carbons (Fsp3) is 0.806. The van der Waals surface area contributed by atoms with Crippen LogP contribution in [0, 0.1) is 5.41 Å². The van der Waals surface area contributed by atoms with E-state index in [0.717, 1.165) is 0 Å². The van der Waals surface area contributed by atoms with Crippen molar-refractivity contribution in [3.63, 3.8) is 0 Å². The van der Waals surface area contributed by atoms with Gasteiger partial charge in [0.2, 0.25) is 0 Å². The van der Waals surface area contributed by atoms with Gasteiger partial charge >= 0.3 is 0 Å². The van der Waals surface area contributed by atoms with E-state index >= 15 is 0 Å². The van der Waals surface area contributed by atoms with Crippen LogP contribution in [-0.4, -0.2) is 63.3 Å². The predicted molar refractivity (Wildman–Crippen MR) is 151 cm³/mol. The first-order valence-electron chi connectivity index (χ1n) is 13.8. The zero-order chi connectivity index (χ0) is 25.6. The van der Waals surface area contributed by atoms with Gasteiger partial charge in [-0.05, 0) is 54.9 Å². The molecule has 2 nitrogen and oxygen atoms in total. The Morgan fingerprint density at radius 3 is 1.36 bits per heavy atom. The Morgan fingerprint density at radius 2 is 0.970 bits per heavy atom. The molecular weight excluding hydrogens is 400 g/mol. The quantitative estimate of drug-likeness (QED) is 0.244. The lowest BCUT2D eigenvalue weighted by molar-refractivity contribution is -0.890. The van der Waals surface area contributed by atoms with Crippen molar-refractivity contribution in [2.75, 3.05) is 54.4 Å². The van der Waals surface area contributed by atoms with Crippen LogP contribution < -0.4 is 0 Å². The van der Waals surface area contributed by atoms with Gasteiger partial charge in [-0.1, -0.05) is 91.6 Å². The second kappa shape index (κ2) is 15.2. The molecule has 0 saturated carbocycles. The maximum Gasteiger partial charge on any atom is 0.0782 e. The lowest BCUT2D eigenvalue weighted by Gasteiger charge is -2.32. The van der Waals surface area contributed by atoms with Gasteiger partial charge in [-0.3, -0.25) is 0 Å². The fourth-order valence-electron chi connectivity index (χ4n) is 4.42. The summed E-state index contributed by atoms with van der Waals surface area (Å²) in [5.41, 5.74) is 2.27. The second-order valence-corrected chi connectivity index (χ2v) is 13.5. The third-order valence-corrected chi connectivity index (χ3v) is 7.04. The molecule has 0 bridgehead atoms. The molecule has 0 fully saturated rings. The largest absolute Gasteiger partial charge is 0.328 e. The number of nitrogens with zero attached hydrogens (tertiary/aromatic N) is 2. The number of hydrogen-bond donors (Lipinski definition) is 0. The molecule has 33 heavy (non-hydrogen) atoms. The molecule has 194 valence electrons.